The minimum atomic E-state index is -0.496. The maximum atomic E-state index is 13.0. The minimum absolute atomic E-state index is 0.119. The van der Waals surface area contributed by atoms with E-state index in [1.165, 1.54) is 24.3 Å². The maximum absolute atomic E-state index is 13.0. The molecular weight excluding hydrogens is 259 g/mol. The molecule has 102 valence electrons. The van der Waals surface area contributed by atoms with Gasteiger partial charge in [-0.15, -0.1) is 0 Å². The van der Waals surface area contributed by atoms with E-state index in [-0.39, 0.29) is 11.3 Å². The Morgan fingerprint density at radius 3 is 2.55 bits per heavy atom. The number of carbonyl (C=O) groups is 1. The van der Waals surface area contributed by atoms with Crippen LogP contribution in [0.25, 0.3) is 0 Å². The van der Waals surface area contributed by atoms with Crippen LogP contribution in [0, 0.1) is 5.82 Å². The number of nitrogens with zero attached hydrogens (tertiary/aromatic N) is 1. The van der Waals surface area contributed by atoms with E-state index < -0.39 is 11.7 Å². The van der Waals surface area contributed by atoms with E-state index in [1.54, 1.807) is 25.1 Å². The number of phenolic OH excluding ortho intramolecular Hbond substituents is 1. The van der Waals surface area contributed by atoms with Crippen molar-refractivity contribution in [2.75, 3.05) is 0 Å². The van der Waals surface area contributed by atoms with Gasteiger partial charge in [-0.25, -0.2) is 9.82 Å². The molecule has 2 rings (SSSR count). The van der Waals surface area contributed by atoms with Crippen molar-refractivity contribution in [3.05, 3.63) is 65.5 Å². The zero-order valence-electron chi connectivity index (χ0n) is 10.8. The predicted octanol–water partition coefficient (Wildman–Crippen LogP) is 2.69. The molecule has 2 aromatic rings. The molecule has 0 bridgehead atoms. The van der Waals surface area contributed by atoms with E-state index in [0.717, 1.165) is 6.07 Å². The van der Waals surface area contributed by atoms with E-state index in [0.29, 0.717) is 11.3 Å². The van der Waals surface area contributed by atoms with Crippen molar-refractivity contribution in [1.29, 1.82) is 0 Å². The first-order chi connectivity index (χ1) is 9.56. The van der Waals surface area contributed by atoms with Crippen LogP contribution in [0.2, 0.25) is 0 Å². The highest BCUT2D eigenvalue weighted by Gasteiger charge is 2.06. The highest BCUT2D eigenvalue weighted by Crippen LogP contribution is 2.11. The number of aromatic hydroxyl groups is 1. The largest absolute Gasteiger partial charge is 0.508 e. The average molecular weight is 272 g/mol. The smallest absolute Gasteiger partial charge is 0.271 e. The standard InChI is InChI=1S/C15H13FN2O2/c1-10(11-4-3-7-14(19)9-11)17-18-15(20)12-5-2-6-13(16)8-12/h2-9,19H,1H3,(H,18,20)/b17-10+. The van der Waals surface area contributed by atoms with Crippen molar-refractivity contribution in [3.63, 3.8) is 0 Å². The van der Waals surface area contributed by atoms with Crippen molar-refractivity contribution >= 4 is 11.6 Å². The zero-order valence-corrected chi connectivity index (χ0v) is 10.8. The second-order valence-electron chi connectivity index (χ2n) is 4.20. The zero-order chi connectivity index (χ0) is 14.5. The molecule has 0 fully saturated rings. The number of nitrogens with one attached hydrogen (secondary N) is 1. The van der Waals surface area contributed by atoms with Gasteiger partial charge < -0.3 is 5.11 Å². The molecule has 0 heterocycles. The van der Waals surface area contributed by atoms with Crippen LogP contribution in [0.5, 0.6) is 5.75 Å². The van der Waals surface area contributed by atoms with Gasteiger partial charge in [0.2, 0.25) is 0 Å². The molecule has 20 heavy (non-hydrogen) atoms. The van der Waals surface area contributed by atoms with Gasteiger partial charge in [0.1, 0.15) is 11.6 Å². The molecule has 0 aromatic heterocycles. The Hall–Kier alpha value is -2.69. The number of carbonyl (C=O) groups excluding carboxylic acids is 1. The monoisotopic (exact) mass is 272 g/mol. The average Bonchev–Trinajstić information content (AvgIpc) is 2.44. The molecule has 5 heteroatoms. The van der Waals surface area contributed by atoms with Crippen molar-refractivity contribution in [1.82, 2.24) is 5.43 Å². The number of hydrogen-bond donors (Lipinski definition) is 2. The van der Waals surface area contributed by atoms with Crippen LogP contribution in [-0.2, 0) is 0 Å². The van der Waals surface area contributed by atoms with Gasteiger partial charge in [-0.3, -0.25) is 4.79 Å². The Kier molecular flexibility index (Phi) is 4.10. The van der Waals surface area contributed by atoms with Crippen LogP contribution >= 0.6 is 0 Å². The molecule has 0 saturated heterocycles. The van der Waals surface area contributed by atoms with Gasteiger partial charge in [-0.2, -0.15) is 5.10 Å². The highest BCUT2D eigenvalue weighted by atomic mass is 19.1. The number of hydrazone groups is 1. The molecule has 0 saturated carbocycles. The van der Waals surface area contributed by atoms with Crippen LogP contribution in [-0.4, -0.2) is 16.7 Å². The molecule has 4 nitrogen and oxygen atoms in total. The van der Waals surface area contributed by atoms with Crippen molar-refractivity contribution < 1.29 is 14.3 Å². The second kappa shape index (κ2) is 5.97. The summed E-state index contributed by atoms with van der Waals surface area (Å²) >= 11 is 0. The normalized spacial score (nSPS) is 11.2. The summed E-state index contributed by atoms with van der Waals surface area (Å²) in [6.45, 7) is 1.70. The lowest BCUT2D eigenvalue weighted by atomic mass is 10.1. The van der Waals surface area contributed by atoms with E-state index in [2.05, 4.69) is 10.5 Å². The maximum Gasteiger partial charge on any atom is 0.271 e. The Morgan fingerprint density at radius 1 is 1.15 bits per heavy atom. The van der Waals surface area contributed by atoms with E-state index in [4.69, 9.17) is 0 Å². The fourth-order valence-electron chi connectivity index (χ4n) is 1.62. The quantitative estimate of drug-likeness (QED) is 0.666. The SMILES string of the molecule is C/C(=N\NC(=O)c1cccc(F)c1)c1cccc(O)c1. The van der Waals surface area contributed by atoms with E-state index in [1.807, 2.05) is 0 Å². The Labute approximate surface area is 115 Å². The summed E-state index contributed by atoms with van der Waals surface area (Å²) in [5, 5.41) is 13.3. The molecule has 0 aliphatic carbocycles. The lowest BCUT2D eigenvalue weighted by Gasteiger charge is -2.03. The Bertz CT molecular complexity index is 668. The molecule has 0 unspecified atom stereocenters. The van der Waals surface area contributed by atoms with Gasteiger partial charge in [0.25, 0.3) is 5.91 Å². The first-order valence-corrected chi connectivity index (χ1v) is 5.96. The summed E-state index contributed by atoms with van der Waals surface area (Å²) in [6.07, 6.45) is 0. The van der Waals surface area contributed by atoms with Gasteiger partial charge in [-0.1, -0.05) is 18.2 Å². The molecular formula is C15H13FN2O2. The highest BCUT2D eigenvalue weighted by molar-refractivity contribution is 6.01. The van der Waals surface area contributed by atoms with Gasteiger partial charge in [0.15, 0.2) is 0 Å². The summed E-state index contributed by atoms with van der Waals surface area (Å²) in [5.74, 6) is -0.858. The number of phenols is 1. The predicted molar refractivity (Wildman–Crippen MR) is 74.2 cm³/mol. The lowest BCUT2D eigenvalue weighted by molar-refractivity contribution is 0.0954. The van der Waals surface area contributed by atoms with Crippen molar-refractivity contribution in [3.8, 4) is 5.75 Å². The van der Waals surface area contributed by atoms with Crippen LogP contribution in [0.15, 0.2) is 53.6 Å². The third kappa shape index (κ3) is 3.41. The number of halogens is 1. The molecule has 0 atom stereocenters. The van der Waals surface area contributed by atoms with Gasteiger partial charge in [-0.05, 0) is 37.3 Å². The third-order valence-corrected chi connectivity index (χ3v) is 2.68. The van der Waals surface area contributed by atoms with Crippen LogP contribution in [0.4, 0.5) is 4.39 Å². The third-order valence-electron chi connectivity index (χ3n) is 2.68. The topological polar surface area (TPSA) is 61.7 Å². The molecule has 0 spiro atoms. The van der Waals surface area contributed by atoms with Crippen LogP contribution in [0.3, 0.4) is 0 Å². The number of benzene rings is 2. The first-order valence-electron chi connectivity index (χ1n) is 5.96. The second-order valence-corrected chi connectivity index (χ2v) is 4.20. The fourth-order valence-corrected chi connectivity index (χ4v) is 1.62. The molecule has 2 N–H and O–H groups in total. The first kappa shape index (κ1) is 13.7. The summed E-state index contributed by atoms with van der Waals surface area (Å²) in [7, 11) is 0. The number of rotatable bonds is 3. The van der Waals surface area contributed by atoms with Gasteiger partial charge >= 0.3 is 0 Å². The summed E-state index contributed by atoms with van der Waals surface area (Å²) in [6, 6.07) is 11.9. The molecule has 0 radical (unpaired) electrons. The summed E-state index contributed by atoms with van der Waals surface area (Å²) in [4.78, 5) is 11.8. The number of amides is 1. The van der Waals surface area contributed by atoms with Gasteiger partial charge in [0.05, 0.1) is 5.71 Å². The van der Waals surface area contributed by atoms with E-state index >= 15 is 0 Å². The summed E-state index contributed by atoms with van der Waals surface area (Å²) in [5.41, 5.74) is 3.75. The minimum Gasteiger partial charge on any atom is -0.508 e. The summed E-state index contributed by atoms with van der Waals surface area (Å²) < 4.78 is 13.0. The van der Waals surface area contributed by atoms with E-state index in [9.17, 15) is 14.3 Å². The van der Waals surface area contributed by atoms with Crippen molar-refractivity contribution in [2.24, 2.45) is 5.10 Å². The molecule has 0 aliphatic rings. The van der Waals surface area contributed by atoms with Gasteiger partial charge in [0, 0.05) is 11.1 Å². The lowest BCUT2D eigenvalue weighted by Crippen LogP contribution is -2.19. The number of hydrogen-bond acceptors (Lipinski definition) is 3. The molecule has 2 aromatic carbocycles. The fraction of sp³-hybridized carbons (Fsp3) is 0.0667. The molecule has 1 amide bonds. The molecule has 0 aliphatic heterocycles. The van der Waals surface area contributed by atoms with Crippen molar-refractivity contribution in [2.45, 2.75) is 6.92 Å². The Balaban J connectivity index is 2.11. The van der Waals surface area contributed by atoms with Crippen LogP contribution < -0.4 is 5.43 Å². The Morgan fingerprint density at radius 2 is 1.85 bits per heavy atom. The van der Waals surface area contributed by atoms with Crippen LogP contribution in [0.1, 0.15) is 22.8 Å².